The summed E-state index contributed by atoms with van der Waals surface area (Å²) in [7, 11) is 0. The number of carbonyl (C=O) groups is 1. The Hall–Kier alpha value is -2.60. The van der Waals surface area contributed by atoms with E-state index in [0.717, 1.165) is 18.7 Å². The van der Waals surface area contributed by atoms with E-state index in [4.69, 9.17) is 0 Å². The first-order valence-electron chi connectivity index (χ1n) is 9.19. The molecular weight excluding hydrogens is 358 g/mol. The molecule has 2 heterocycles. The predicted octanol–water partition coefficient (Wildman–Crippen LogP) is 3.49. The van der Waals surface area contributed by atoms with Gasteiger partial charge in [-0.05, 0) is 37.1 Å². The third kappa shape index (κ3) is 3.37. The molecule has 0 unspecified atom stereocenters. The van der Waals surface area contributed by atoms with Gasteiger partial charge in [0.1, 0.15) is 0 Å². The largest absolute Gasteiger partial charge is 0.312 e. The van der Waals surface area contributed by atoms with Gasteiger partial charge in [-0.25, -0.2) is 4.98 Å². The molecule has 0 saturated carbocycles. The van der Waals surface area contributed by atoms with Crippen LogP contribution in [-0.2, 0) is 17.8 Å². The quantitative estimate of drug-likeness (QED) is 0.503. The molecule has 0 fully saturated rings. The summed E-state index contributed by atoms with van der Waals surface area (Å²) in [5, 5.41) is 1.31. The molecule has 0 aliphatic carbocycles. The highest BCUT2D eigenvalue weighted by atomic mass is 32.2. The maximum atomic E-state index is 12.7. The number of aromatic nitrogens is 2. The van der Waals surface area contributed by atoms with Crippen LogP contribution in [0, 0.1) is 0 Å². The minimum absolute atomic E-state index is 0.0228. The number of para-hydroxylation sites is 2. The van der Waals surface area contributed by atoms with Crippen LogP contribution in [0.15, 0.2) is 58.5 Å². The molecule has 1 aliphatic heterocycles. The zero-order valence-corrected chi connectivity index (χ0v) is 16.0. The molecule has 2 aromatic carbocycles. The Labute approximate surface area is 162 Å². The first kappa shape index (κ1) is 17.8. The molecule has 3 aromatic rings. The average molecular weight is 379 g/mol. The van der Waals surface area contributed by atoms with E-state index in [-0.39, 0.29) is 11.5 Å². The number of hydrogen-bond donors (Lipinski definition) is 0. The zero-order chi connectivity index (χ0) is 18.8. The first-order valence-corrected chi connectivity index (χ1v) is 10.2. The van der Waals surface area contributed by atoms with Gasteiger partial charge in [-0.2, -0.15) is 0 Å². The highest BCUT2D eigenvalue weighted by Gasteiger charge is 2.23. The normalized spacial score (nSPS) is 13.1. The number of rotatable bonds is 5. The lowest BCUT2D eigenvalue weighted by Crippen LogP contribution is -2.29. The molecule has 4 rings (SSSR count). The van der Waals surface area contributed by atoms with Crippen LogP contribution in [0.4, 0.5) is 5.69 Å². The molecule has 27 heavy (non-hydrogen) atoms. The van der Waals surface area contributed by atoms with Crippen LogP contribution in [0.3, 0.4) is 0 Å². The third-order valence-electron chi connectivity index (χ3n) is 4.88. The first-order chi connectivity index (χ1) is 13.2. The van der Waals surface area contributed by atoms with Crippen LogP contribution in [0.5, 0.6) is 0 Å². The van der Waals surface area contributed by atoms with Gasteiger partial charge in [0, 0.05) is 31.0 Å². The van der Waals surface area contributed by atoms with Crippen molar-refractivity contribution in [1.29, 1.82) is 0 Å². The minimum atomic E-state index is -0.0228. The molecule has 0 saturated heterocycles. The van der Waals surface area contributed by atoms with Gasteiger partial charge in [0.05, 0.1) is 10.9 Å². The smallest absolute Gasteiger partial charge is 0.262 e. The molecule has 6 heteroatoms. The number of benzene rings is 2. The number of amides is 1. The van der Waals surface area contributed by atoms with E-state index in [1.165, 1.54) is 17.3 Å². The van der Waals surface area contributed by atoms with Crippen molar-refractivity contribution in [2.24, 2.45) is 0 Å². The highest BCUT2D eigenvalue weighted by molar-refractivity contribution is 7.99. The summed E-state index contributed by atoms with van der Waals surface area (Å²) in [6.07, 6.45) is 1.34. The molecule has 1 aliphatic rings. The van der Waals surface area contributed by atoms with Crippen LogP contribution in [0.2, 0.25) is 0 Å². The van der Waals surface area contributed by atoms with Gasteiger partial charge in [-0.3, -0.25) is 14.2 Å². The predicted molar refractivity (Wildman–Crippen MR) is 110 cm³/mol. The van der Waals surface area contributed by atoms with Crippen LogP contribution in [-0.4, -0.2) is 27.8 Å². The number of fused-ring (bicyclic) bond motifs is 2. The summed E-state index contributed by atoms with van der Waals surface area (Å²) in [5.41, 5.74) is 2.94. The van der Waals surface area contributed by atoms with Gasteiger partial charge in [0.25, 0.3) is 5.56 Å². The van der Waals surface area contributed by atoms with Crippen molar-refractivity contribution in [2.75, 3.05) is 17.2 Å². The maximum absolute atomic E-state index is 12.7. The van der Waals surface area contributed by atoms with E-state index in [1.807, 2.05) is 48.2 Å². The van der Waals surface area contributed by atoms with Crippen LogP contribution < -0.4 is 10.5 Å². The molecular formula is C21H21N3O2S. The van der Waals surface area contributed by atoms with Crippen molar-refractivity contribution in [2.45, 2.75) is 31.5 Å². The average Bonchev–Trinajstić information content (AvgIpc) is 3.12. The van der Waals surface area contributed by atoms with Gasteiger partial charge in [0.15, 0.2) is 5.16 Å². The van der Waals surface area contributed by atoms with Crippen molar-refractivity contribution < 1.29 is 4.79 Å². The Morgan fingerprint density at radius 2 is 1.93 bits per heavy atom. The number of nitrogens with zero attached hydrogens (tertiary/aromatic N) is 3. The van der Waals surface area contributed by atoms with Crippen molar-refractivity contribution >= 4 is 34.3 Å². The highest BCUT2D eigenvalue weighted by Crippen LogP contribution is 2.28. The monoisotopic (exact) mass is 379 g/mol. The Morgan fingerprint density at radius 3 is 2.78 bits per heavy atom. The van der Waals surface area contributed by atoms with E-state index in [0.29, 0.717) is 34.8 Å². The lowest BCUT2D eigenvalue weighted by atomic mass is 10.2. The molecule has 0 bridgehead atoms. The molecule has 1 aromatic heterocycles. The fourth-order valence-electron chi connectivity index (χ4n) is 3.50. The summed E-state index contributed by atoms with van der Waals surface area (Å²) in [6, 6.07) is 15.5. The third-order valence-corrected chi connectivity index (χ3v) is 5.86. The Morgan fingerprint density at radius 1 is 1.15 bits per heavy atom. The Kier molecular flexibility index (Phi) is 4.99. The number of hydrogen-bond acceptors (Lipinski definition) is 4. The second-order valence-corrected chi connectivity index (χ2v) is 7.55. The Bertz CT molecular complexity index is 1060. The van der Waals surface area contributed by atoms with Gasteiger partial charge in [0.2, 0.25) is 5.91 Å². The molecule has 0 N–H and O–H groups in total. The van der Waals surface area contributed by atoms with Gasteiger partial charge >= 0.3 is 0 Å². The lowest BCUT2D eigenvalue weighted by Gasteiger charge is -2.17. The van der Waals surface area contributed by atoms with Crippen molar-refractivity contribution in [3.63, 3.8) is 0 Å². The van der Waals surface area contributed by atoms with Gasteiger partial charge in [-0.15, -0.1) is 0 Å². The van der Waals surface area contributed by atoms with Crippen molar-refractivity contribution in [3.05, 3.63) is 64.4 Å². The number of carbonyl (C=O) groups excluding carboxylic acids is 1. The van der Waals surface area contributed by atoms with Crippen LogP contribution >= 0.6 is 11.8 Å². The SMILES string of the molecule is CCn1c(SCCC(=O)N2CCc3ccccc32)nc2ccccc2c1=O. The molecule has 0 spiro atoms. The second-order valence-electron chi connectivity index (χ2n) is 6.48. The molecule has 1 amide bonds. The van der Waals surface area contributed by atoms with E-state index in [2.05, 4.69) is 11.1 Å². The summed E-state index contributed by atoms with van der Waals surface area (Å²) in [6.45, 7) is 3.25. The molecule has 138 valence electrons. The maximum Gasteiger partial charge on any atom is 0.262 e. The van der Waals surface area contributed by atoms with E-state index in [1.54, 1.807) is 10.6 Å². The lowest BCUT2D eigenvalue weighted by molar-refractivity contribution is -0.118. The summed E-state index contributed by atoms with van der Waals surface area (Å²) < 4.78 is 1.68. The van der Waals surface area contributed by atoms with Gasteiger partial charge < -0.3 is 4.90 Å². The number of anilines is 1. The fourth-order valence-corrected chi connectivity index (χ4v) is 4.49. The standard InChI is InChI=1S/C21H21N3O2S/c1-2-23-20(26)16-8-4-5-9-17(16)22-21(23)27-14-12-19(25)24-13-11-15-7-3-6-10-18(15)24/h3-10H,2,11-14H2,1H3. The van der Waals surface area contributed by atoms with E-state index in [9.17, 15) is 9.59 Å². The van der Waals surface area contributed by atoms with Crippen molar-refractivity contribution in [1.82, 2.24) is 9.55 Å². The molecule has 0 atom stereocenters. The van der Waals surface area contributed by atoms with Crippen LogP contribution in [0.25, 0.3) is 10.9 Å². The summed E-state index contributed by atoms with van der Waals surface area (Å²) >= 11 is 1.47. The second kappa shape index (κ2) is 7.56. The topological polar surface area (TPSA) is 55.2 Å². The number of thioether (sulfide) groups is 1. The summed E-state index contributed by atoms with van der Waals surface area (Å²) in [4.78, 5) is 31.8. The van der Waals surface area contributed by atoms with E-state index < -0.39 is 0 Å². The van der Waals surface area contributed by atoms with Crippen LogP contribution in [0.1, 0.15) is 18.9 Å². The van der Waals surface area contributed by atoms with Gasteiger partial charge in [-0.1, -0.05) is 42.1 Å². The van der Waals surface area contributed by atoms with E-state index >= 15 is 0 Å². The fraction of sp³-hybridized carbons (Fsp3) is 0.286. The minimum Gasteiger partial charge on any atom is -0.312 e. The molecule has 0 radical (unpaired) electrons. The van der Waals surface area contributed by atoms with Crippen molar-refractivity contribution in [3.8, 4) is 0 Å². The molecule has 5 nitrogen and oxygen atoms in total. The zero-order valence-electron chi connectivity index (χ0n) is 15.2. The summed E-state index contributed by atoms with van der Waals surface area (Å²) in [5.74, 6) is 0.723. The Balaban J connectivity index is 1.48.